The van der Waals surface area contributed by atoms with Gasteiger partial charge in [-0.2, -0.15) is 0 Å². The molecule has 1 unspecified atom stereocenters. The third-order valence-corrected chi connectivity index (χ3v) is 3.30. The standard InChI is InChI=1S/C15H14ClF2NO/c1-9(19-2)11-8-10(17)6-7-13(11)20-14-5-3-4-12(16)15(14)18/h3-9,19H,1-2H3. The zero-order valence-electron chi connectivity index (χ0n) is 11.1. The molecular formula is C15H14ClF2NO. The Kier molecular flexibility index (Phi) is 4.57. The van der Waals surface area contributed by atoms with Crippen molar-refractivity contribution in [3.63, 3.8) is 0 Å². The van der Waals surface area contributed by atoms with Crippen LogP contribution in [0.2, 0.25) is 5.02 Å². The maximum atomic E-state index is 13.8. The lowest BCUT2D eigenvalue weighted by Crippen LogP contribution is -2.13. The molecule has 0 saturated heterocycles. The molecule has 2 nitrogen and oxygen atoms in total. The smallest absolute Gasteiger partial charge is 0.184 e. The molecule has 0 fully saturated rings. The van der Waals surface area contributed by atoms with Crippen LogP contribution >= 0.6 is 11.6 Å². The van der Waals surface area contributed by atoms with Gasteiger partial charge in [0.1, 0.15) is 11.6 Å². The van der Waals surface area contributed by atoms with Crippen LogP contribution in [0, 0.1) is 11.6 Å². The van der Waals surface area contributed by atoms with Crippen molar-refractivity contribution in [1.29, 1.82) is 0 Å². The number of ether oxygens (including phenoxy) is 1. The second-order valence-electron chi connectivity index (χ2n) is 4.35. The third kappa shape index (κ3) is 3.08. The number of nitrogens with one attached hydrogen (secondary N) is 1. The lowest BCUT2D eigenvalue weighted by Gasteiger charge is -2.17. The molecule has 0 amide bonds. The summed E-state index contributed by atoms with van der Waals surface area (Å²) in [6.07, 6.45) is 0. The summed E-state index contributed by atoms with van der Waals surface area (Å²) in [5.74, 6) is -0.620. The molecule has 0 bridgehead atoms. The van der Waals surface area contributed by atoms with E-state index in [0.29, 0.717) is 11.3 Å². The van der Waals surface area contributed by atoms with Gasteiger partial charge in [0.2, 0.25) is 0 Å². The maximum absolute atomic E-state index is 13.8. The average molecular weight is 298 g/mol. The quantitative estimate of drug-likeness (QED) is 0.884. The molecule has 2 aromatic rings. The normalized spacial score (nSPS) is 12.2. The van der Waals surface area contributed by atoms with E-state index in [9.17, 15) is 8.78 Å². The van der Waals surface area contributed by atoms with Crippen LogP contribution in [0.5, 0.6) is 11.5 Å². The van der Waals surface area contributed by atoms with E-state index >= 15 is 0 Å². The van der Waals surface area contributed by atoms with Gasteiger partial charge in [-0.1, -0.05) is 17.7 Å². The summed E-state index contributed by atoms with van der Waals surface area (Å²) in [7, 11) is 1.75. The lowest BCUT2D eigenvalue weighted by molar-refractivity contribution is 0.430. The SMILES string of the molecule is CNC(C)c1cc(F)ccc1Oc1cccc(Cl)c1F. The van der Waals surface area contributed by atoms with Gasteiger partial charge < -0.3 is 10.1 Å². The first-order valence-corrected chi connectivity index (χ1v) is 6.49. The molecule has 0 aliphatic carbocycles. The van der Waals surface area contributed by atoms with Crippen LogP contribution in [0.3, 0.4) is 0 Å². The highest BCUT2D eigenvalue weighted by Crippen LogP contribution is 2.33. The molecule has 20 heavy (non-hydrogen) atoms. The van der Waals surface area contributed by atoms with Gasteiger partial charge in [0.05, 0.1) is 5.02 Å². The Balaban J connectivity index is 2.40. The molecule has 1 atom stereocenters. The fraction of sp³-hybridized carbons (Fsp3) is 0.200. The summed E-state index contributed by atoms with van der Waals surface area (Å²) in [6.45, 7) is 1.86. The summed E-state index contributed by atoms with van der Waals surface area (Å²) >= 11 is 5.71. The number of hydrogen-bond donors (Lipinski definition) is 1. The predicted molar refractivity (Wildman–Crippen MR) is 75.4 cm³/mol. The van der Waals surface area contributed by atoms with Gasteiger partial charge in [0.25, 0.3) is 0 Å². The average Bonchev–Trinajstić information content (AvgIpc) is 2.44. The number of rotatable bonds is 4. The van der Waals surface area contributed by atoms with E-state index < -0.39 is 5.82 Å². The van der Waals surface area contributed by atoms with Crippen molar-refractivity contribution >= 4 is 11.6 Å². The molecule has 0 radical (unpaired) electrons. The highest BCUT2D eigenvalue weighted by molar-refractivity contribution is 6.30. The second-order valence-corrected chi connectivity index (χ2v) is 4.75. The van der Waals surface area contributed by atoms with E-state index in [1.54, 1.807) is 13.1 Å². The van der Waals surface area contributed by atoms with Gasteiger partial charge in [0, 0.05) is 11.6 Å². The Morgan fingerprint density at radius 3 is 2.60 bits per heavy atom. The van der Waals surface area contributed by atoms with Crippen LogP contribution in [0.15, 0.2) is 36.4 Å². The highest BCUT2D eigenvalue weighted by atomic mass is 35.5. The molecule has 0 aliphatic rings. The molecule has 0 aromatic heterocycles. The lowest BCUT2D eigenvalue weighted by atomic mass is 10.1. The summed E-state index contributed by atoms with van der Waals surface area (Å²) in [6, 6.07) is 8.46. The summed E-state index contributed by atoms with van der Waals surface area (Å²) in [4.78, 5) is 0. The predicted octanol–water partition coefficient (Wildman–Crippen LogP) is 4.69. The van der Waals surface area contributed by atoms with Gasteiger partial charge in [-0.05, 0) is 44.3 Å². The minimum Gasteiger partial charge on any atom is -0.454 e. The van der Waals surface area contributed by atoms with Crippen LogP contribution in [0.4, 0.5) is 8.78 Å². The summed E-state index contributed by atoms with van der Waals surface area (Å²) in [5.41, 5.74) is 0.604. The largest absolute Gasteiger partial charge is 0.454 e. The Labute approximate surface area is 121 Å². The fourth-order valence-electron chi connectivity index (χ4n) is 1.79. The van der Waals surface area contributed by atoms with Crippen molar-refractivity contribution in [2.45, 2.75) is 13.0 Å². The van der Waals surface area contributed by atoms with Gasteiger partial charge >= 0.3 is 0 Å². The van der Waals surface area contributed by atoms with E-state index in [4.69, 9.17) is 16.3 Å². The first-order chi connectivity index (χ1) is 9.52. The Hall–Kier alpha value is -1.65. The Bertz CT molecular complexity index is 619. The number of benzene rings is 2. The Morgan fingerprint density at radius 1 is 1.15 bits per heavy atom. The van der Waals surface area contributed by atoms with Crippen LogP contribution in [-0.4, -0.2) is 7.05 Å². The first-order valence-electron chi connectivity index (χ1n) is 6.11. The molecule has 2 rings (SSSR count). The molecule has 106 valence electrons. The van der Waals surface area contributed by atoms with Gasteiger partial charge in [0.15, 0.2) is 11.6 Å². The van der Waals surface area contributed by atoms with E-state index in [2.05, 4.69) is 5.32 Å². The van der Waals surface area contributed by atoms with E-state index in [1.165, 1.54) is 30.3 Å². The molecule has 0 heterocycles. The van der Waals surface area contributed by atoms with Crippen molar-refractivity contribution in [2.24, 2.45) is 0 Å². The molecule has 0 aliphatic heterocycles. The monoisotopic (exact) mass is 297 g/mol. The Morgan fingerprint density at radius 2 is 1.90 bits per heavy atom. The maximum Gasteiger partial charge on any atom is 0.184 e. The number of halogens is 3. The molecular weight excluding hydrogens is 284 g/mol. The highest BCUT2D eigenvalue weighted by Gasteiger charge is 2.15. The third-order valence-electron chi connectivity index (χ3n) is 3.01. The van der Waals surface area contributed by atoms with Gasteiger partial charge in [-0.3, -0.25) is 0 Å². The molecule has 0 saturated carbocycles. The van der Waals surface area contributed by atoms with E-state index in [1.807, 2.05) is 6.92 Å². The van der Waals surface area contributed by atoms with E-state index in [0.717, 1.165) is 0 Å². The topological polar surface area (TPSA) is 21.3 Å². The second kappa shape index (κ2) is 6.20. The molecule has 2 aromatic carbocycles. The summed E-state index contributed by atoms with van der Waals surface area (Å²) in [5, 5.41) is 2.97. The van der Waals surface area contributed by atoms with Crippen molar-refractivity contribution in [2.75, 3.05) is 7.05 Å². The summed E-state index contributed by atoms with van der Waals surface area (Å²) < 4.78 is 32.7. The zero-order valence-corrected chi connectivity index (χ0v) is 11.8. The van der Waals surface area contributed by atoms with Crippen molar-refractivity contribution < 1.29 is 13.5 Å². The van der Waals surface area contributed by atoms with Crippen LogP contribution in [0.25, 0.3) is 0 Å². The van der Waals surface area contributed by atoms with Gasteiger partial charge in [-0.25, -0.2) is 8.78 Å². The molecule has 1 N–H and O–H groups in total. The minimum absolute atomic E-state index is 0.00802. The molecule has 0 spiro atoms. The number of hydrogen-bond acceptors (Lipinski definition) is 2. The molecule has 5 heteroatoms. The fourth-order valence-corrected chi connectivity index (χ4v) is 1.95. The van der Waals surface area contributed by atoms with E-state index in [-0.39, 0.29) is 22.6 Å². The minimum atomic E-state index is -0.637. The van der Waals surface area contributed by atoms with Crippen molar-refractivity contribution in [1.82, 2.24) is 5.32 Å². The zero-order chi connectivity index (χ0) is 14.7. The van der Waals surface area contributed by atoms with Crippen molar-refractivity contribution in [3.05, 3.63) is 58.6 Å². The van der Waals surface area contributed by atoms with Gasteiger partial charge in [-0.15, -0.1) is 0 Å². The van der Waals surface area contributed by atoms with Crippen LogP contribution in [0.1, 0.15) is 18.5 Å². The first kappa shape index (κ1) is 14.8. The van der Waals surface area contributed by atoms with Crippen molar-refractivity contribution in [3.8, 4) is 11.5 Å². The van der Waals surface area contributed by atoms with Crippen LogP contribution in [-0.2, 0) is 0 Å². The van der Waals surface area contributed by atoms with Crippen LogP contribution < -0.4 is 10.1 Å².